The van der Waals surface area contributed by atoms with Gasteiger partial charge in [-0.25, -0.2) is 0 Å². The predicted octanol–water partition coefficient (Wildman–Crippen LogP) is 1.12. The molecule has 0 spiro atoms. The highest BCUT2D eigenvalue weighted by atomic mass is 15.1. The van der Waals surface area contributed by atoms with Gasteiger partial charge in [0.15, 0.2) is 0 Å². The van der Waals surface area contributed by atoms with Crippen molar-refractivity contribution in [3.05, 3.63) is 36.9 Å². The Morgan fingerprint density at radius 1 is 1.08 bits per heavy atom. The second kappa shape index (κ2) is 3.18. The number of pyridine rings is 1. The second-order valence-electron chi connectivity index (χ2n) is 2.60. The highest BCUT2D eigenvalue weighted by Crippen LogP contribution is 2.21. The molecule has 64 valence electrons. The smallest absolute Gasteiger partial charge is 0.0732 e. The lowest BCUT2D eigenvalue weighted by Crippen LogP contribution is -1.93. The van der Waals surface area contributed by atoms with Crippen molar-refractivity contribution in [2.24, 2.45) is 0 Å². The van der Waals surface area contributed by atoms with Crippen LogP contribution in [0.15, 0.2) is 36.9 Å². The van der Waals surface area contributed by atoms with E-state index in [4.69, 9.17) is 5.73 Å². The van der Waals surface area contributed by atoms with Gasteiger partial charge in [0.25, 0.3) is 0 Å². The molecule has 0 amide bonds. The Bertz CT molecular complexity index is 399. The summed E-state index contributed by atoms with van der Waals surface area (Å²) in [6, 6.07) is 3.79. The molecular weight excluding hydrogens is 164 g/mol. The maximum atomic E-state index is 5.72. The van der Waals surface area contributed by atoms with Crippen LogP contribution in [0.5, 0.6) is 0 Å². The van der Waals surface area contributed by atoms with E-state index >= 15 is 0 Å². The summed E-state index contributed by atoms with van der Waals surface area (Å²) < 4.78 is 0. The third-order valence-electron chi connectivity index (χ3n) is 1.73. The molecule has 4 heteroatoms. The monoisotopic (exact) mass is 172 g/mol. The number of nitrogens with zero attached hydrogens (tertiary/aromatic N) is 3. The first-order valence-corrected chi connectivity index (χ1v) is 3.84. The first kappa shape index (κ1) is 7.67. The number of rotatable bonds is 1. The molecule has 0 saturated heterocycles. The maximum Gasteiger partial charge on any atom is 0.0732 e. The standard InChI is InChI=1S/C9H8N4/c10-9-6-13-12-5-8(9)7-2-1-3-11-4-7/h1-6H,(H2,10,12). The largest absolute Gasteiger partial charge is 0.397 e. The zero-order chi connectivity index (χ0) is 9.10. The molecular formula is C9H8N4. The second-order valence-corrected chi connectivity index (χ2v) is 2.60. The van der Waals surface area contributed by atoms with Crippen LogP contribution >= 0.6 is 0 Å². The van der Waals surface area contributed by atoms with Crippen LogP contribution in [0.1, 0.15) is 0 Å². The van der Waals surface area contributed by atoms with E-state index in [1.54, 1.807) is 18.6 Å². The number of anilines is 1. The fourth-order valence-corrected chi connectivity index (χ4v) is 1.09. The molecule has 2 aromatic rings. The lowest BCUT2D eigenvalue weighted by Gasteiger charge is -2.01. The zero-order valence-electron chi connectivity index (χ0n) is 6.88. The zero-order valence-corrected chi connectivity index (χ0v) is 6.88. The molecule has 4 nitrogen and oxygen atoms in total. The van der Waals surface area contributed by atoms with Gasteiger partial charge in [0, 0.05) is 23.5 Å². The molecule has 0 aliphatic carbocycles. The Labute approximate surface area is 75.5 Å². The molecule has 13 heavy (non-hydrogen) atoms. The minimum atomic E-state index is 0.614. The summed E-state index contributed by atoms with van der Waals surface area (Å²) >= 11 is 0. The molecule has 0 bridgehead atoms. The van der Waals surface area contributed by atoms with Crippen molar-refractivity contribution in [3.63, 3.8) is 0 Å². The summed E-state index contributed by atoms with van der Waals surface area (Å²) in [7, 11) is 0. The Morgan fingerprint density at radius 2 is 1.92 bits per heavy atom. The van der Waals surface area contributed by atoms with Gasteiger partial charge < -0.3 is 5.73 Å². The minimum absolute atomic E-state index is 0.614. The molecule has 2 rings (SSSR count). The van der Waals surface area contributed by atoms with Gasteiger partial charge in [-0.05, 0) is 6.07 Å². The fourth-order valence-electron chi connectivity index (χ4n) is 1.09. The molecule has 2 heterocycles. The van der Waals surface area contributed by atoms with Gasteiger partial charge in [-0.2, -0.15) is 10.2 Å². The van der Waals surface area contributed by atoms with Crippen molar-refractivity contribution in [2.45, 2.75) is 0 Å². The molecule has 0 atom stereocenters. The van der Waals surface area contributed by atoms with E-state index in [2.05, 4.69) is 15.2 Å². The van der Waals surface area contributed by atoms with E-state index in [1.807, 2.05) is 12.1 Å². The van der Waals surface area contributed by atoms with Gasteiger partial charge in [-0.1, -0.05) is 6.07 Å². The SMILES string of the molecule is Nc1cnncc1-c1cccnc1. The molecule has 2 aromatic heterocycles. The number of nitrogens with two attached hydrogens (primary N) is 1. The summed E-state index contributed by atoms with van der Waals surface area (Å²) in [5.74, 6) is 0. The highest BCUT2D eigenvalue weighted by Gasteiger charge is 2.01. The lowest BCUT2D eigenvalue weighted by atomic mass is 10.1. The van der Waals surface area contributed by atoms with E-state index in [9.17, 15) is 0 Å². The molecule has 0 fully saturated rings. The topological polar surface area (TPSA) is 64.7 Å². The van der Waals surface area contributed by atoms with Crippen LogP contribution in [0.3, 0.4) is 0 Å². The normalized spacial score (nSPS) is 9.85. The van der Waals surface area contributed by atoms with E-state index < -0.39 is 0 Å². The van der Waals surface area contributed by atoms with Crippen LogP contribution in [-0.2, 0) is 0 Å². The highest BCUT2D eigenvalue weighted by molar-refractivity contribution is 5.73. The summed E-state index contributed by atoms with van der Waals surface area (Å²) in [5, 5.41) is 7.44. The van der Waals surface area contributed by atoms with Gasteiger partial charge in [0.2, 0.25) is 0 Å². The number of nitrogen functional groups attached to an aromatic ring is 1. The van der Waals surface area contributed by atoms with Crippen molar-refractivity contribution < 1.29 is 0 Å². The fraction of sp³-hybridized carbons (Fsp3) is 0. The van der Waals surface area contributed by atoms with Crippen LogP contribution in [0.2, 0.25) is 0 Å². The number of aromatic nitrogens is 3. The maximum absolute atomic E-state index is 5.72. The molecule has 2 N–H and O–H groups in total. The summed E-state index contributed by atoms with van der Waals surface area (Å²) in [4.78, 5) is 4.00. The van der Waals surface area contributed by atoms with E-state index in [-0.39, 0.29) is 0 Å². The average molecular weight is 172 g/mol. The van der Waals surface area contributed by atoms with Gasteiger partial charge in [0.1, 0.15) is 0 Å². The van der Waals surface area contributed by atoms with Crippen molar-refractivity contribution in [2.75, 3.05) is 5.73 Å². The first-order valence-electron chi connectivity index (χ1n) is 3.84. The molecule has 0 aliphatic rings. The quantitative estimate of drug-likeness (QED) is 0.700. The van der Waals surface area contributed by atoms with Crippen molar-refractivity contribution in [1.29, 1.82) is 0 Å². The average Bonchev–Trinajstić information content (AvgIpc) is 2.20. The Hall–Kier alpha value is -1.97. The van der Waals surface area contributed by atoms with E-state index in [0.29, 0.717) is 5.69 Å². The van der Waals surface area contributed by atoms with Crippen LogP contribution in [-0.4, -0.2) is 15.2 Å². The van der Waals surface area contributed by atoms with Gasteiger partial charge in [-0.15, -0.1) is 0 Å². The lowest BCUT2D eigenvalue weighted by molar-refractivity contribution is 1.04. The third kappa shape index (κ3) is 1.46. The van der Waals surface area contributed by atoms with Crippen LogP contribution in [0.4, 0.5) is 5.69 Å². The Balaban J connectivity index is 2.54. The molecule has 0 aliphatic heterocycles. The van der Waals surface area contributed by atoms with E-state index in [1.165, 1.54) is 6.20 Å². The van der Waals surface area contributed by atoms with Gasteiger partial charge in [-0.3, -0.25) is 4.98 Å². The number of hydrogen-bond acceptors (Lipinski definition) is 4. The summed E-state index contributed by atoms with van der Waals surface area (Å²) in [5.41, 5.74) is 8.15. The molecule has 0 saturated carbocycles. The van der Waals surface area contributed by atoms with E-state index in [0.717, 1.165) is 11.1 Å². The summed E-state index contributed by atoms with van der Waals surface area (Å²) in [6.45, 7) is 0. The predicted molar refractivity (Wildman–Crippen MR) is 49.7 cm³/mol. The Kier molecular flexibility index (Phi) is 1.88. The van der Waals surface area contributed by atoms with Crippen LogP contribution < -0.4 is 5.73 Å². The van der Waals surface area contributed by atoms with Crippen molar-refractivity contribution >= 4 is 5.69 Å². The molecule has 0 radical (unpaired) electrons. The van der Waals surface area contributed by atoms with Gasteiger partial charge in [0.05, 0.1) is 18.1 Å². The van der Waals surface area contributed by atoms with Crippen molar-refractivity contribution in [3.8, 4) is 11.1 Å². The third-order valence-corrected chi connectivity index (χ3v) is 1.73. The first-order chi connectivity index (χ1) is 6.38. The van der Waals surface area contributed by atoms with Crippen molar-refractivity contribution in [1.82, 2.24) is 15.2 Å². The minimum Gasteiger partial charge on any atom is -0.397 e. The van der Waals surface area contributed by atoms with Crippen LogP contribution in [0, 0.1) is 0 Å². The molecule has 0 aromatic carbocycles. The number of hydrogen-bond donors (Lipinski definition) is 1. The van der Waals surface area contributed by atoms with Gasteiger partial charge >= 0.3 is 0 Å². The summed E-state index contributed by atoms with van der Waals surface area (Å²) in [6.07, 6.45) is 6.62. The van der Waals surface area contributed by atoms with Crippen LogP contribution in [0.25, 0.3) is 11.1 Å². The Morgan fingerprint density at radius 3 is 2.62 bits per heavy atom. The molecule has 0 unspecified atom stereocenters.